The zero-order chi connectivity index (χ0) is 13.1. The van der Waals surface area contributed by atoms with Gasteiger partial charge in [0.15, 0.2) is 0 Å². The molecule has 1 rings (SSSR count). The van der Waals surface area contributed by atoms with Crippen LogP contribution in [0, 0.1) is 0 Å². The molecule has 2 nitrogen and oxygen atoms in total. The first-order valence-electron chi connectivity index (χ1n) is 4.85. The van der Waals surface area contributed by atoms with Crippen molar-refractivity contribution in [3.05, 3.63) is 50.3 Å². The van der Waals surface area contributed by atoms with Crippen molar-refractivity contribution in [2.24, 2.45) is 0 Å². The van der Waals surface area contributed by atoms with Crippen molar-refractivity contribution in [2.75, 3.05) is 0 Å². The Bertz CT molecular complexity index is 551. The van der Waals surface area contributed by atoms with Gasteiger partial charge in [-0.15, -0.1) is 0 Å². The Morgan fingerprint density at radius 1 is 1.12 bits per heavy atom. The van der Waals surface area contributed by atoms with Crippen LogP contribution in [0.3, 0.4) is 0 Å². The van der Waals surface area contributed by atoms with E-state index in [2.05, 4.69) is 31.9 Å². The summed E-state index contributed by atoms with van der Waals surface area (Å²) in [5, 5.41) is 0. The number of benzene rings is 1. The predicted molar refractivity (Wildman–Crippen MR) is 77.8 cm³/mol. The maximum atomic E-state index is 12.1. The fourth-order valence-electron chi connectivity index (χ4n) is 1.12. The molecule has 92 valence electrons. The second kappa shape index (κ2) is 5.98. The molecule has 0 radical (unpaired) electrons. The lowest BCUT2D eigenvalue weighted by atomic mass is 10.4. The first kappa shape index (κ1) is 14.7. The average Bonchev–Trinajstić information content (AvgIpc) is 2.26. The van der Waals surface area contributed by atoms with Crippen molar-refractivity contribution in [1.82, 2.24) is 0 Å². The van der Waals surface area contributed by atoms with Crippen molar-refractivity contribution >= 4 is 41.7 Å². The molecule has 0 aromatic heterocycles. The fraction of sp³-hybridized carbons (Fsp3) is 0.167. The summed E-state index contributed by atoms with van der Waals surface area (Å²) >= 11 is 6.52. The number of hydrogen-bond acceptors (Lipinski definition) is 2. The van der Waals surface area contributed by atoms with Crippen molar-refractivity contribution in [2.45, 2.75) is 18.7 Å². The van der Waals surface area contributed by atoms with Gasteiger partial charge in [0.25, 0.3) is 0 Å². The molecule has 0 aliphatic carbocycles. The summed E-state index contributed by atoms with van der Waals surface area (Å²) in [4.78, 5) is 0.619. The lowest BCUT2D eigenvalue weighted by Gasteiger charge is -2.04. The van der Waals surface area contributed by atoms with Crippen LogP contribution in [0.1, 0.15) is 13.8 Å². The van der Waals surface area contributed by atoms with Crippen molar-refractivity contribution < 1.29 is 8.42 Å². The van der Waals surface area contributed by atoms with E-state index in [1.807, 2.05) is 6.92 Å². The number of halogens is 2. The van der Waals surface area contributed by atoms with Crippen LogP contribution in [0.25, 0.3) is 0 Å². The summed E-state index contributed by atoms with van der Waals surface area (Å²) in [6.07, 6.45) is 3.30. The van der Waals surface area contributed by atoms with Crippen LogP contribution in [0.5, 0.6) is 0 Å². The molecule has 0 saturated heterocycles. The van der Waals surface area contributed by atoms with Crippen molar-refractivity contribution in [3.8, 4) is 0 Å². The molecule has 0 saturated carbocycles. The van der Waals surface area contributed by atoms with Gasteiger partial charge in [-0.2, -0.15) is 0 Å². The van der Waals surface area contributed by atoms with E-state index < -0.39 is 9.84 Å². The molecule has 0 fully saturated rings. The molecular weight excluding hydrogens is 368 g/mol. The molecule has 0 aliphatic rings. The number of sulfone groups is 1. The Labute approximate surface area is 119 Å². The first-order valence-corrected chi connectivity index (χ1v) is 7.92. The molecule has 0 atom stereocenters. The number of allylic oxidation sites excluding steroid dienone is 4. The van der Waals surface area contributed by atoms with Gasteiger partial charge in [0.2, 0.25) is 9.84 Å². The summed E-state index contributed by atoms with van der Waals surface area (Å²) < 4.78 is 26.0. The molecule has 1 aromatic carbocycles. The van der Waals surface area contributed by atoms with Gasteiger partial charge in [0.05, 0.1) is 4.90 Å². The molecule has 5 heteroatoms. The number of rotatable bonds is 3. The Balaban J connectivity index is 3.16. The molecule has 0 bridgehead atoms. The zero-order valence-electron chi connectivity index (χ0n) is 9.44. The quantitative estimate of drug-likeness (QED) is 0.728. The van der Waals surface area contributed by atoms with E-state index in [4.69, 9.17) is 0 Å². The molecular formula is C12H12Br2O2S. The lowest BCUT2D eigenvalue weighted by Crippen LogP contribution is -2.01. The van der Waals surface area contributed by atoms with Gasteiger partial charge in [-0.1, -0.05) is 37.9 Å². The molecule has 0 unspecified atom stereocenters. The summed E-state index contributed by atoms with van der Waals surface area (Å²) in [5.41, 5.74) is 0. The first-order chi connectivity index (χ1) is 7.84. The van der Waals surface area contributed by atoms with Gasteiger partial charge in [-0.25, -0.2) is 8.42 Å². The Kier molecular flexibility index (Phi) is 5.16. The minimum absolute atomic E-state index is 0.301. The van der Waals surface area contributed by atoms with Gasteiger partial charge < -0.3 is 0 Å². The predicted octanol–water partition coefficient (Wildman–Crippen LogP) is 4.43. The van der Waals surface area contributed by atoms with E-state index >= 15 is 0 Å². The Morgan fingerprint density at radius 2 is 1.65 bits per heavy atom. The van der Waals surface area contributed by atoms with E-state index in [-0.39, 0.29) is 0 Å². The minimum Gasteiger partial charge on any atom is -0.219 e. The molecule has 0 spiro atoms. The molecule has 1 aromatic rings. The third-order valence-corrected chi connectivity index (χ3v) is 4.77. The molecule has 0 aliphatic heterocycles. The highest BCUT2D eigenvalue weighted by Gasteiger charge is 2.15. The second-order valence-corrected chi connectivity index (χ2v) is 7.78. The fourth-order valence-corrected chi connectivity index (χ4v) is 2.63. The summed E-state index contributed by atoms with van der Waals surface area (Å²) in [6.45, 7) is 3.43. The van der Waals surface area contributed by atoms with Crippen LogP contribution in [0.2, 0.25) is 0 Å². The third-order valence-electron chi connectivity index (χ3n) is 2.10. The van der Waals surface area contributed by atoms with Crippen molar-refractivity contribution in [3.63, 3.8) is 0 Å². The van der Waals surface area contributed by atoms with Gasteiger partial charge in [-0.3, -0.25) is 0 Å². The van der Waals surface area contributed by atoms with Gasteiger partial charge in [0.1, 0.15) is 0 Å². The highest BCUT2D eigenvalue weighted by molar-refractivity contribution is 9.11. The normalized spacial score (nSPS) is 13.9. The van der Waals surface area contributed by atoms with Crippen LogP contribution in [0.4, 0.5) is 0 Å². The Hall–Kier alpha value is -0.390. The summed E-state index contributed by atoms with van der Waals surface area (Å²) in [6, 6.07) is 6.60. The lowest BCUT2D eigenvalue weighted by molar-refractivity contribution is 0.602. The third kappa shape index (κ3) is 4.08. The maximum absolute atomic E-state index is 12.1. The van der Waals surface area contributed by atoms with Gasteiger partial charge >= 0.3 is 0 Å². The summed E-state index contributed by atoms with van der Waals surface area (Å²) in [7, 11) is -3.38. The molecule has 0 amide bonds. The average molecular weight is 380 g/mol. The van der Waals surface area contributed by atoms with E-state index in [9.17, 15) is 8.42 Å². The van der Waals surface area contributed by atoms with Gasteiger partial charge in [-0.05, 0) is 48.7 Å². The van der Waals surface area contributed by atoms with E-state index in [0.29, 0.717) is 9.80 Å². The molecule has 0 heterocycles. The van der Waals surface area contributed by atoms with Crippen LogP contribution in [0.15, 0.2) is 55.2 Å². The van der Waals surface area contributed by atoms with Crippen LogP contribution >= 0.6 is 31.9 Å². The topological polar surface area (TPSA) is 34.1 Å². The molecule has 0 N–H and O–H groups in total. The zero-order valence-corrected chi connectivity index (χ0v) is 13.4. The van der Waals surface area contributed by atoms with E-state index in [1.165, 1.54) is 0 Å². The highest BCUT2D eigenvalue weighted by atomic mass is 79.9. The minimum atomic E-state index is -3.38. The van der Waals surface area contributed by atoms with E-state index in [1.54, 1.807) is 43.3 Å². The number of hydrogen-bond donors (Lipinski definition) is 0. The SMILES string of the molecule is C/C(Br)=C\C=C(/C)S(=O)(=O)c1ccc(Br)cc1. The maximum Gasteiger partial charge on any atom is 0.202 e. The summed E-state index contributed by atoms with van der Waals surface area (Å²) in [5.74, 6) is 0. The standard InChI is InChI=1S/C12H12Br2O2S/c1-9(13)3-4-10(2)17(15,16)12-7-5-11(14)6-8-12/h3-8H,1-2H3/b9-3+,10-4+. The largest absolute Gasteiger partial charge is 0.219 e. The monoisotopic (exact) mass is 378 g/mol. The van der Waals surface area contributed by atoms with Crippen LogP contribution in [-0.2, 0) is 9.84 Å². The van der Waals surface area contributed by atoms with Crippen LogP contribution in [-0.4, -0.2) is 8.42 Å². The van der Waals surface area contributed by atoms with E-state index in [0.717, 1.165) is 8.96 Å². The molecule has 17 heavy (non-hydrogen) atoms. The smallest absolute Gasteiger partial charge is 0.202 e. The highest BCUT2D eigenvalue weighted by Crippen LogP contribution is 2.21. The van der Waals surface area contributed by atoms with Crippen LogP contribution < -0.4 is 0 Å². The second-order valence-electron chi connectivity index (χ2n) is 3.49. The Morgan fingerprint density at radius 3 is 2.12 bits per heavy atom. The van der Waals surface area contributed by atoms with Gasteiger partial charge in [0, 0.05) is 9.38 Å². The van der Waals surface area contributed by atoms with Crippen molar-refractivity contribution in [1.29, 1.82) is 0 Å².